The Kier molecular flexibility index (Phi) is 7.74. The van der Waals surface area contributed by atoms with Crippen LogP contribution in [0, 0.1) is 6.92 Å². The molecular formula is C30H36N4OS. The molecular weight excluding hydrogens is 464 g/mol. The first kappa shape index (κ1) is 25.8. The normalized spacial score (nSPS) is 14.0. The molecule has 3 aromatic carbocycles. The molecule has 0 bridgehead atoms. The highest BCUT2D eigenvalue weighted by molar-refractivity contribution is 8.15. The highest BCUT2D eigenvalue weighted by Gasteiger charge is 2.43. The van der Waals surface area contributed by atoms with Gasteiger partial charge in [0.25, 0.3) is 0 Å². The fraction of sp³-hybridized carbons (Fsp3) is 0.333. The van der Waals surface area contributed by atoms with Crippen LogP contribution in [0.25, 0.3) is 0 Å². The number of nitrogens with one attached hydrogen (secondary N) is 1. The van der Waals surface area contributed by atoms with Gasteiger partial charge in [-0.3, -0.25) is 4.79 Å². The average Bonchev–Trinajstić information content (AvgIpc) is 2.87. The number of aliphatic imine (C=N–C) groups is 1. The Morgan fingerprint density at radius 1 is 0.889 bits per heavy atom. The molecule has 1 aliphatic rings. The Bertz CT molecular complexity index is 1200. The van der Waals surface area contributed by atoms with E-state index in [0.717, 1.165) is 46.6 Å². The zero-order valence-corrected chi connectivity index (χ0v) is 22.9. The molecule has 0 radical (unpaired) electrons. The topological polar surface area (TPSA) is 47.9 Å². The third kappa shape index (κ3) is 5.14. The summed E-state index contributed by atoms with van der Waals surface area (Å²) in [6, 6.07) is 23.8. The van der Waals surface area contributed by atoms with E-state index in [1.807, 2.05) is 0 Å². The molecule has 0 aliphatic carbocycles. The van der Waals surface area contributed by atoms with E-state index in [9.17, 15) is 4.79 Å². The van der Waals surface area contributed by atoms with Gasteiger partial charge in [0, 0.05) is 51.5 Å². The molecule has 5 nitrogen and oxygen atoms in total. The monoisotopic (exact) mass is 500 g/mol. The average molecular weight is 501 g/mol. The van der Waals surface area contributed by atoms with Crippen LogP contribution in [0.5, 0.6) is 0 Å². The molecule has 1 N–H and O–H groups in total. The summed E-state index contributed by atoms with van der Waals surface area (Å²) < 4.78 is -0.563. The van der Waals surface area contributed by atoms with E-state index in [0.29, 0.717) is 11.6 Å². The number of fused-ring (bicyclic) bond motifs is 1. The number of amides is 1. The van der Waals surface area contributed by atoms with Crippen LogP contribution < -0.4 is 15.1 Å². The molecule has 0 saturated carbocycles. The highest BCUT2D eigenvalue weighted by atomic mass is 32.2. The van der Waals surface area contributed by atoms with Crippen LogP contribution in [0.15, 0.2) is 71.7 Å². The second-order valence-corrected chi connectivity index (χ2v) is 11.0. The van der Waals surface area contributed by atoms with E-state index in [1.54, 1.807) is 11.8 Å². The molecule has 0 aromatic heterocycles. The maximum Gasteiger partial charge on any atom is 0.225 e. The fourth-order valence-electron chi connectivity index (χ4n) is 4.52. The SMILES string of the molecule is CCCCC(=O)NC1=Nc2ccc(C)cc2C(c2ccc(N(C)C)cc2)(c2ccc(N(C)C)cc2)S1. The van der Waals surface area contributed by atoms with E-state index < -0.39 is 4.75 Å². The first-order valence-corrected chi connectivity index (χ1v) is 13.3. The molecule has 0 atom stereocenters. The number of carbonyl (C=O) groups is 1. The molecule has 0 unspecified atom stereocenters. The van der Waals surface area contributed by atoms with Gasteiger partial charge in [-0.25, -0.2) is 4.99 Å². The van der Waals surface area contributed by atoms with Crippen molar-refractivity contribution < 1.29 is 4.79 Å². The van der Waals surface area contributed by atoms with Crippen molar-refractivity contribution in [1.82, 2.24) is 5.32 Å². The van der Waals surface area contributed by atoms with Crippen LogP contribution in [0.3, 0.4) is 0 Å². The Labute approximate surface area is 219 Å². The van der Waals surface area contributed by atoms with Crippen molar-refractivity contribution in [2.75, 3.05) is 38.0 Å². The number of benzene rings is 3. The molecule has 4 rings (SSSR count). The van der Waals surface area contributed by atoms with Gasteiger partial charge in [0.2, 0.25) is 5.91 Å². The third-order valence-corrected chi connectivity index (χ3v) is 7.97. The second-order valence-electron chi connectivity index (χ2n) is 9.76. The van der Waals surface area contributed by atoms with Gasteiger partial charge in [0.15, 0.2) is 5.17 Å². The lowest BCUT2D eigenvalue weighted by Gasteiger charge is -2.39. The molecule has 1 aliphatic heterocycles. The van der Waals surface area contributed by atoms with Crippen LogP contribution in [0.2, 0.25) is 0 Å². The molecule has 3 aromatic rings. The van der Waals surface area contributed by atoms with Gasteiger partial charge in [-0.05, 0) is 54.8 Å². The third-order valence-electron chi connectivity index (χ3n) is 6.59. The number of anilines is 2. The van der Waals surface area contributed by atoms with Crippen LogP contribution in [0.4, 0.5) is 17.1 Å². The summed E-state index contributed by atoms with van der Waals surface area (Å²) in [6.07, 6.45) is 2.34. The summed E-state index contributed by atoms with van der Waals surface area (Å²) in [5.41, 5.74) is 7.79. The summed E-state index contributed by atoms with van der Waals surface area (Å²) in [4.78, 5) is 21.9. The summed E-state index contributed by atoms with van der Waals surface area (Å²) in [7, 11) is 8.20. The quantitative estimate of drug-likeness (QED) is 0.404. The zero-order valence-electron chi connectivity index (χ0n) is 22.1. The molecule has 0 spiro atoms. The minimum absolute atomic E-state index is 0.0125. The standard InChI is InChI=1S/C30H36N4OS/c1-7-8-9-28(35)32-29-31-27-19-10-21(2)20-26(27)30(36-29,22-11-15-24(16-12-22)33(3)4)23-13-17-25(18-14-23)34(5)6/h10-20H,7-9H2,1-6H3,(H,31,32,35). The lowest BCUT2D eigenvalue weighted by molar-refractivity contribution is -0.119. The molecule has 36 heavy (non-hydrogen) atoms. The van der Waals surface area contributed by atoms with E-state index in [-0.39, 0.29) is 5.91 Å². The Morgan fingerprint density at radius 3 is 1.94 bits per heavy atom. The number of carbonyl (C=O) groups excluding carboxylic acids is 1. The summed E-state index contributed by atoms with van der Waals surface area (Å²) >= 11 is 1.62. The van der Waals surface area contributed by atoms with Crippen molar-refractivity contribution in [3.8, 4) is 0 Å². The van der Waals surface area contributed by atoms with Crippen molar-refractivity contribution >= 4 is 39.9 Å². The summed E-state index contributed by atoms with van der Waals surface area (Å²) in [5, 5.41) is 3.76. The number of hydrogen-bond donors (Lipinski definition) is 1. The fourth-order valence-corrected chi connectivity index (χ4v) is 5.90. The Morgan fingerprint density at radius 2 is 1.44 bits per heavy atom. The number of aryl methyl sites for hydroxylation is 1. The molecule has 188 valence electrons. The maximum atomic E-state index is 12.7. The van der Waals surface area contributed by atoms with Gasteiger partial charge in [-0.2, -0.15) is 0 Å². The van der Waals surface area contributed by atoms with Crippen molar-refractivity contribution in [3.05, 3.63) is 89.0 Å². The first-order valence-electron chi connectivity index (χ1n) is 12.5. The molecule has 0 fully saturated rings. The van der Waals surface area contributed by atoms with Crippen molar-refractivity contribution in [3.63, 3.8) is 0 Å². The second kappa shape index (κ2) is 10.8. The number of rotatable bonds is 7. The highest BCUT2D eigenvalue weighted by Crippen LogP contribution is 2.54. The smallest absolute Gasteiger partial charge is 0.225 e. The number of nitrogens with zero attached hydrogens (tertiary/aromatic N) is 3. The number of hydrogen-bond acceptors (Lipinski definition) is 5. The number of unbranched alkanes of at least 4 members (excludes halogenated alkanes) is 1. The molecule has 1 amide bonds. The van der Waals surface area contributed by atoms with Crippen molar-refractivity contribution in [2.45, 2.75) is 37.9 Å². The Hall–Kier alpha value is -3.25. The van der Waals surface area contributed by atoms with Gasteiger partial charge in [-0.1, -0.05) is 67.1 Å². The van der Waals surface area contributed by atoms with E-state index >= 15 is 0 Å². The Balaban J connectivity index is 1.92. The number of amidine groups is 1. The number of thioether (sulfide) groups is 1. The van der Waals surface area contributed by atoms with Gasteiger partial charge >= 0.3 is 0 Å². The zero-order chi connectivity index (χ0) is 25.9. The molecule has 6 heteroatoms. The minimum Gasteiger partial charge on any atom is -0.378 e. The molecule has 0 saturated heterocycles. The predicted octanol–water partition coefficient (Wildman–Crippen LogP) is 6.46. The van der Waals surface area contributed by atoms with Crippen molar-refractivity contribution in [2.24, 2.45) is 4.99 Å². The van der Waals surface area contributed by atoms with E-state index in [2.05, 4.69) is 124 Å². The summed E-state index contributed by atoms with van der Waals surface area (Å²) in [6.45, 7) is 4.21. The van der Waals surface area contributed by atoms with Gasteiger partial charge in [-0.15, -0.1) is 0 Å². The van der Waals surface area contributed by atoms with Crippen LogP contribution in [-0.4, -0.2) is 39.3 Å². The lowest BCUT2D eigenvalue weighted by Crippen LogP contribution is -2.37. The van der Waals surface area contributed by atoms with Crippen LogP contribution in [-0.2, 0) is 9.54 Å². The predicted molar refractivity (Wildman–Crippen MR) is 155 cm³/mol. The van der Waals surface area contributed by atoms with Crippen LogP contribution >= 0.6 is 11.8 Å². The van der Waals surface area contributed by atoms with E-state index in [4.69, 9.17) is 4.99 Å². The minimum atomic E-state index is -0.563. The van der Waals surface area contributed by atoms with Crippen molar-refractivity contribution in [1.29, 1.82) is 0 Å². The van der Waals surface area contributed by atoms with E-state index in [1.165, 1.54) is 5.56 Å². The lowest BCUT2D eigenvalue weighted by atomic mass is 9.82. The van der Waals surface area contributed by atoms with Gasteiger partial charge < -0.3 is 15.1 Å². The summed E-state index contributed by atoms with van der Waals surface area (Å²) in [5.74, 6) is 0.0125. The first-order chi connectivity index (χ1) is 17.2. The van der Waals surface area contributed by atoms with Gasteiger partial charge in [0.05, 0.1) is 5.69 Å². The van der Waals surface area contributed by atoms with Gasteiger partial charge in [0.1, 0.15) is 4.75 Å². The largest absolute Gasteiger partial charge is 0.378 e. The maximum absolute atomic E-state index is 12.7. The van der Waals surface area contributed by atoms with Crippen LogP contribution in [0.1, 0.15) is 48.4 Å². The molecule has 1 heterocycles.